The van der Waals surface area contributed by atoms with Crippen LogP contribution in [0.4, 0.5) is 0 Å². The standard InChI is InChI=1S/C15H25NO3/c1-6-14(19-5)15(16-7-2)11-8-12(17-3)10-13(9-11)18-4/h8-10,14-16H,6-7H2,1-5H3. The molecule has 4 heteroatoms. The maximum atomic E-state index is 5.57. The van der Waals surface area contributed by atoms with Crippen LogP contribution >= 0.6 is 0 Å². The van der Waals surface area contributed by atoms with Crippen LogP contribution in [0.2, 0.25) is 0 Å². The molecule has 1 aromatic carbocycles. The lowest BCUT2D eigenvalue weighted by molar-refractivity contribution is 0.0655. The largest absolute Gasteiger partial charge is 0.497 e. The fourth-order valence-corrected chi connectivity index (χ4v) is 2.23. The van der Waals surface area contributed by atoms with Crippen molar-refractivity contribution in [2.45, 2.75) is 32.4 Å². The Morgan fingerprint density at radius 2 is 1.58 bits per heavy atom. The molecule has 0 aliphatic heterocycles. The van der Waals surface area contributed by atoms with Gasteiger partial charge in [-0.25, -0.2) is 0 Å². The maximum Gasteiger partial charge on any atom is 0.122 e. The average Bonchev–Trinajstić information content (AvgIpc) is 2.46. The van der Waals surface area contributed by atoms with Crippen LogP contribution in [-0.2, 0) is 4.74 Å². The van der Waals surface area contributed by atoms with E-state index in [0.717, 1.165) is 30.0 Å². The fourth-order valence-electron chi connectivity index (χ4n) is 2.23. The van der Waals surface area contributed by atoms with Gasteiger partial charge in [-0.2, -0.15) is 0 Å². The Bertz CT molecular complexity index is 355. The lowest BCUT2D eigenvalue weighted by atomic mass is 9.98. The van der Waals surface area contributed by atoms with Crippen molar-refractivity contribution in [1.82, 2.24) is 5.32 Å². The SMILES string of the molecule is CCNC(c1cc(OC)cc(OC)c1)C(CC)OC. The Morgan fingerprint density at radius 1 is 1.00 bits per heavy atom. The van der Waals surface area contributed by atoms with E-state index in [1.165, 1.54) is 0 Å². The molecular weight excluding hydrogens is 242 g/mol. The third-order valence-electron chi connectivity index (χ3n) is 3.23. The average molecular weight is 267 g/mol. The number of nitrogens with one attached hydrogen (secondary N) is 1. The molecule has 1 rings (SSSR count). The highest BCUT2D eigenvalue weighted by molar-refractivity contribution is 5.40. The van der Waals surface area contributed by atoms with Crippen LogP contribution in [0.1, 0.15) is 31.9 Å². The summed E-state index contributed by atoms with van der Waals surface area (Å²) in [6.07, 6.45) is 1.06. The van der Waals surface area contributed by atoms with Gasteiger partial charge in [0.1, 0.15) is 11.5 Å². The summed E-state index contributed by atoms with van der Waals surface area (Å²) >= 11 is 0. The first-order chi connectivity index (χ1) is 9.19. The molecule has 1 aromatic rings. The Kier molecular flexibility index (Phi) is 6.67. The van der Waals surface area contributed by atoms with Crippen molar-refractivity contribution in [2.24, 2.45) is 0 Å². The quantitative estimate of drug-likeness (QED) is 0.786. The van der Waals surface area contributed by atoms with Crippen LogP contribution < -0.4 is 14.8 Å². The second-order valence-electron chi connectivity index (χ2n) is 4.36. The van der Waals surface area contributed by atoms with E-state index in [4.69, 9.17) is 14.2 Å². The highest BCUT2D eigenvalue weighted by Crippen LogP contribution is 2.29. The van der Waals surface area contributed by atoms with Crippen LogP contribution in [0, 0.1) is 0 Å². The molecule has 0 amide bonds. The molecule has 4 nitrogen and oxygen atoms in total. The van der Waals surface area contributed by atoms with Crippen LogP contribution in [0.3, 0.4) is 0 Å². The number of hydrogen-bond donors (Lipinski definition) is 1. The minimum atomic E-state index is 0.122. The van der Waals surface area contributed by atoms with E-state index < -0.39 is 0 Å². The first-order valence-corrected chi connectivity index (χ1v) is 6.69. The van der Waals surface area contributed by atoms with Crippen molar-refractivity contribution in [3.8, 4) is 11.5 Å². The van der Waals surface area contributed by atoms with Gasteiger partial charge in [-0.1, -0.05) is 13.8 Å². The Balaban J connectivity index is 3.12. The second-order valence-corrected chi connectivity index (χ2v) is 4.36. The number of hydrogen-bond acceptors (Lipinski definition) is 4. The molecule has 0 fully saturated rings. The molecule has 2 atom stereocenters. The summed E-state index contributed by atoms with van der Waals surface area (Å²) in [5, 5.41) is 3.47. The van der Waals surface area contributed by atoms with Gasteiger partial charge in [-0.3, -0.25) is 0 Å². The molecule has 0 aliphatic rings. The zero-order valence-electron chi connectivity index (χ0n) is 12.5. The van der Waals surface area contributed by atoms with Crippen molar-refractivity contribution in [3.63, 3.8) is 0 Å². The summed E-state index contributed by atoms with van der Waals surface area (Å²) in [4.78, 5) is 0. The summed E-state index contributed by atoms with van der Waals surface area (Å²) in [5.41, 5.74) is 1.12. The topological polar surface area (TPSA) is 39.7 Å². The summed E-state index contributed by atoms with van der Waals surface area (Å²) < 4.78 is 16.2. The predicted molar refractivity (Wildman–Crippen MR) is 77.1 cm³/mol. The lowest BCUT2D eigenvalue weighted by Crippen LogP contribution is -2.32. The van der Waals surface area contributed by atoms with Gasteiger partial charge >= 0.3 is 0 Å². The van der Waals surface area contributed by atoms with Gasteiger partial charge in [0, 0.05) is 13.2 Å². The molecule has 1 N–H and O–H groups in total. The molecule has 0 radical (unpaired) electrons. The van der Waals surface area contributed by atoms with Crippen LogP contribution in [0.15, 0.2) is 18.2 Å². The van der Waals surface area contributed by atoms with Gasteiger partial charge in [0.15, 0.2) is 0 Å². The zero-order valence-corrected chi connectivity index (χ0v) is 12.5. The third kappa shape index (κ3) is 4.11. The summed E-state index contributed by atoms with van der Waals surface area (Å²) in [6.45, 7) is 5.09. The minimum Gasteiger partial charge on any atom is -0.497 e. The van der Waals surface area contributed by atoms with E-state index in [-0.39, 0.29) is 12.1 Å². The van der Waals surface area contributed by atoms with Gasteiger partial charge in [0.25, 0.3) is 0 Å². The first kappa shape index (κ1) is 15.8. The van der Waals surface area contributed by atoms with Crippen LogP contribution in [0.25, 0.3) is 0 Å². The monoisotopic (exact) mass is 267 g/mol. The minimum absolute atomic E-state index is 0.122. The maximum absolute atomic E-state index is 5.57. The zero-order chi connectivity index (χ0) is 14.3. The number of methoxy groups -OCH3 is 3. The van der Waals surface area contributed by atoms with Crippen LogP contribution in [0.5, 0.6) is 11.5 Å². The molecule has 19 heavy (non-hydrogen) atoms. The third-order valence-corrected chi connectivity index (χ3v) is 3.23. The number of likely N-dealkylation sites (N-methyl/N-ethyl adjacent to an activating group) is 1. The van der Waals surface area contributed by atoms with Crippen molar-refractivity contribution >= 4 is 0 Å². The van der Waals surface area contributed by atoms with Crippen molar-refractivity contribution < 1.29 is 14.2 Å². The Labute approximate surface area is 116 Å². The molecule has 0 bridgehead atoms. The predicted octanol–water partition coefficient (Wildman–Crippen LogP) is 2.78. The van der Waals surface area contributed by atoms with Gasteiger partial charge in [-0.15, -0.1) is 0 Å². The van der Waals surface area contributed by atoms with Crippen molar-refractivity contribution in [2.75, 3.05) is 27.9 Å². The normalized spacial score (nSPS) is 13.9. The van der Waals surface area contributed by atoms with E-state index in [2.05, 4.69) is 19.2 Å². The molecule has 2 unspecified atom stereocenters. The summed E-state index contributed by atoms with van der Waals surface area (Å²) in [5.74, 6) is 1.59. The number of benzene rings is 1. The van der Waals surface area contributed by atoms with Crippen molar-refractivity contribution in [3.05, 3.63) is 23.8 Å². The highest BCUT2D eigenvalue weighted by atomic mass is 16.5. The summed E-state index contributed by atoms with van der Waals surface area (Å²) in [7, 11) is 5.07. The first-order valence-electron chi connectivity index (χ1n) is 6.69. The molecule has 0 heterocycles. The molecule has 108 valence electrons. The molecule has 0 aromatic heterocycles. The van der Waals surface area contributed by atoms with E-state index in [9.17, 15) is 0 Å². The van der Waals surface area contributed by atoms with Gasteiger partial charge < -0.3 is 19.5 Å². The smallest absolute Gasteiger partial charge is 0.122 e. The Hall–Kier alpha value is -1.26. The van der Waals surface area contributed by atoms with E-state index in [1.54, 1.807) is 21.3 Å². The summed E-state index contributed by atoms with van der Waals surface area (Å²) in [6, 6.07) is 6.05. The van der Waals surface area contributed by atoms with E-state index in [0.29, 0.717) is 0 Å². The number of rotatable bonds is 8. The molecule has 0 spiro atoms. The van der Waals surface area contributed by atoms with Gasteiger partial charge in [0.2, 0.25) is 0 Å². The van der Waals surface area contributed by atoms with E-state index in [1.807, 2.05) is 18.2 Å². The second kappa shape index (κ2) is 8.02. The fraction of sp³-hybridized carbons (Fsp3) is 0.600. The Morgan fingerprint density at radius 3 is 1.95 bits per heavy atom. The molecule has 0 aliphatic carbocycles. The van der Waals surface area contributed by atoms with Crippen molar-refractivity contribution in [1.29, 1.82) is 0 Å². The lowest BCUT2D eigenvalue weighted by Gasteiger charge is -2.27. The molecule has 0 saturated carbocycles. The molecule has 0 saturated heterocycles. The molecular formula is C15H25NO3. The van der Waals surface area contributed by atoms with Gasteiger partial charge in [0.05, 0.1) is 26.4 Å². The highest BCUT2D eigenvalue weighted by Gasteiger charge is 2.22. The van der Waals surface area contributed by atoms with E-state index >= 15 is 0 Å². The van der Waals surface area contributed by atoms with Gasteiger partial charge in [-0.05, 0) is 30.7 Å². The van der Waals surface area contributed by atoms with Crippen LogP contribution in [-0.4, -0.2) is 34.0 Å². The number of ether oxygens (including phenoxy) is 3.